The summed E-state index contributed by atoms with van der Waals surface area (Å²) in [4.78, 5) is 37.2. The van der Waals surface area contributed by atoms with Gasteiger partial charge < -0.3 is 9.64 Å². The van der Waals surface area contributed by atoms with Crippen molar-refractivity contribution in [1.29, 1.82) is 0 Å². The molecule has 156 valence electrons. The second kappa shape index (κ2) is 8.75. The molecular weight excluding hydrogens is 432 g/mol. The number of carbonyl (C=O) groups is 2. The summed E-state index contributed by atoms with van der Waals surface area (Å²) in [6.45, 7) is 7.17. The van der Waals surface area contributed by atoms with Crippen molar-refractivity contribution in [1.82, 2.24) is 14.8 Å². The van der Waals surface area contributed by atoms with Gasteiger partial charge in [-0.2, -0.15) is 0 Å². The minimum atomic E-state index is -0.778. The zero-order valence-corrected chi connectivity index (χ0v) is 18.7. The van der Waals surface area contributed by atoms with Crippen LogP contribution in [-0.2, 0) is 9.53 Å². The fraction of sp³-hybridized carbons (Fsp3) is 0.526. The molecule has 1 saturated heterocycles. The third-order valence-corrected chi connectivity index (χ3v) is 7.98. The summed E-state index contributed by atoms with van der Waals surface area (Å²) in [5.41, 5.74) is 0. The van der Waals surface area contributed by atoms with Crippen molar-refractivity contribution in [3.63, 3.8) is 0 Å². The van der Waals surface area contributed by atoms with Gasteiger partial charge >= 0.3 is 6.09 Å². The molecule has 0 aromatic carbocycles. The van der Waals surface area contributed by atoms with Crippen LogP contribution < -0.4 is 4.90 Å². The molecule has 1 aromatic rings. The Morgan fingerprint density at radius 2 is 1.93 bits per heavy atom. The quantitative estimate of drug-likeness (QED) is 0.694. The minimum absolute atomic E-state index is 0.172. The number of thioether (sulfide) groups is 2. The number of ether oxygens (including phenoxy) is 1. The Balaban J connectivity index is 1.54. The number of piperazine rings is 1. The number of hydrogen-bond donors (Lipinski definition) is 0. The predicted molar refractivity (Wildman–Crippen MR) is 117 cm³/mol. The van der Waals surface area contributed by atoms with Gasteiger partial charge in [-0.3, -0.25) is 9.69 Å². The van der Waals surface area contributed by atoms with Crippen LogP contribution in [0.5, 0.6) is 0 Å². The number of nitrogens with zero attached hydrogens (tertiary/aromatic N) is 4. The lowest BCUT2D eigenvalue weighted by Gasteiger charge is -2.37. The number of hydrogen-bond acceptors (Lipinski definition) is 7. The van der Waals surface area contributed by atoms with Gasteiger partial charge in [0.05, 0.1) is 14.8 Å². The number of halogens is 1. The van der Waals surface area contributed by atoms with Crippen LogP contribution in [0.4, 0.5) is 10.6 Å². The normalized spacial score (nSPS) is 23.0. The topological polar surface area (TPSA) is 66.0 Å². The molecule has 0 radical (unpaired) electrons. The van der Waals surface area contributed by atoms with Crippen LogP contribution in [0.1, 0.15) is 13.8 Å². The number of anilines is 1. The van der Waals surface area contributed by atoms with Gasteiger partial charge in [0, 0.05) is 49.9 Å². The number of rotatable bonds is 3. The Morgan fingerprint density at radius 3 is 2.59 bits per heavy atom. The molecule has 0 spiro atoms. The zero-order chi connectivity index (χ0) is 20.5. The van der Waals surface area contributed by atoms with Crippen LogP contribution in [0.2, 0.25) is 5.02 Å². The van der Waals surface area contributed by atoms with Crippen molar-refractivity contribution in [2.24, 2.45) is 0 Å². The summed E-state index contributed by atoms with van der Waals surface area (Å²) in [5.74, 6) is 1.99. The van der Waals surface area contributed by atoms with Crippen LogP contribution in [-0.4, -0.2) is 76.7 Å². The number of pyridine rings is 1. The Hall–Kier alpha value is -1.42. The summed E-state index contributed by atoms with van der Waals surface area (Å²) in [6, 6.07) is 3.81. The maximum absolute atomic E-state index is 13.1. The van der Waals surface area contributed by atoms with Crippen molar-refractivity contribution >= 4 is 52.9 Å². The van der Waals surface area contributed by atoms with E-state index in [0.717, 1.165) is 29.5 Å². The van der Waals surface area contributed by atoms with Crippen molar-refractivity contribution in [3.8, 4) is 0 Å². The first-order valence-electron chi connectivity index (χ1n) is 9.60. The Bertz CT molecular complexity index is 825. The van der Waals surface area contributed by atoms with E-state index in [1.165, 1.54) is 22.9 Å². The standard InChI is InChI=1S/C19H23ClN4O3S2/c1-12(2)22-5-7-23(8-6-22)19(26)27-18-16-15(28-9-10-29-16)17(25)24(18)14-4-3-13(20)11-21-14/h3-4,11-12,18H,5-10H2,1-2H3. The maximum Gasteiger partial charge on any atom is 0.412 e. The first-order valence-corrected chi connectivity index (χ1v) is 11.9. The second-order valence-corrected chi connectivity index (χ2v) is 9.93. The maximum atomic E-state index is 13.1. The molecule has 0 bridgehead atoms. The average Bonchev–Trinajstić information content (AvgIpc) is 3.01. The first kappa shape index (κ1) is 20.8. The largest absolute Gasteiger partial charge is 0.420 e. The molecule has 1 fully saturated rings. The molecule has 4 rings (SSSR count). The predicted octanol–water partition coefficient (Wildman–Crippen LogP) is 3.26. The monoisotopic (exact) mass is 454 g/mol. The van der Waals surface area contributed by atoms with E-state index in [1.807, 2.05) is 0 Å². The summed E-state index contributed by atoms with van der Waals surface area (Å²) in [7, 11) is 0. The number of aromatic nitrogens is 1. The molecule has 3 aliphatic heterocycles. The average molecular weight is 455 g/mol. The van der Waals surface area contributed by atoms with Crippen LogP contribution in [0.3, 0.4) is 0 Å². The summed E-state index contributed by atoms with van der Waals surface area (Å²) in [6.07, 6.45) is 0.320. The molecule has 0 saturated carbocycles. The highest BCUT2D eigenvalue weighted by Gasteiger charge is 2.45. The molecule has 7 nitrogen and oxygen atoms in total. The van der Waals surface area contributed by atoms with Crippen LogP contribution >= 0.6 is 35.1 Å². The van der Waals surface area contributed by atoms with Gasteiger partial charge in [-0.05, 0) is 26.0 Å². The van der Waals surface area contributed by atoms with Crippen LogP contribution in [0.25, 0.3) is 0 Å². The molecular formula is C19H23ClN4O3S2. The molecule has 2 amide bonds. The van der Waals surface area contributed by atoms with E-state index in [-0.39, 0.29) is 5.91 Å². The van der Waals surface area contributed by atoms with Crippen molar-refractivity contribution in [2.45, 2.75) is 26.1 Å². The lowest BCUT2D eigenvalue weighted by atomic mass is 10.2. The fourth-order valence-electron chi connectivity index (χ4n) is 3.55. The van der Waals surface area contributed by atoms with Gasteiger partial charge in [0.15, 0.2) is 0 Å². The summed E-state index contributed by atoms with van der Waals surface area (Å²) >= 11 is 9.05. The highest BCUT2D eigenvalue weighted by Crippen LogP contribution is 2.45. The Labute approximate surface area is 183 Å². The molecule has 1 unspecified atom stereocenters. The third kappa shape index (κ3) is 4.23. The van der Waals surface area contributed by atoms with E-state index < -0.39 is 12.3 Å². The van der Waals surface area contributed by atoms with Crippen molar-refractivity contribution in [2.75, 3.05) is 42.6 Å². The van der Waals surface area contributed by atoms with Crippen LogP contribution in [0, 0.1) is 0 Å². The molecule has 3 aliphatic rings. The van der Waals surface area contributed by atoms with E-state index in [4.69, 9.17) is 16.3 Å². The summed E-state index contributed by atoms with van der Waals surface area (Å²) in [5, 5.41) is 0.485. The number of amides is 2. The lowest BCUT2D eigenvalue weighted by molar-refractivity contribution is -0.115. The van der Waals surface area contributed by atoms with Gasteiger partial charge in [0.25, 0.3) is 5.91 Å². The van der Waals surface area contributed by atoms with E-state index in [1.54, 1.807) is 28.8 Å². The van der Waals surface area contributed by atoms with Gasteiger partial charge in [-0.15, -0.1) is 23.5 Å². The van der Waals surface area contributed by atoms with Gasteiger partial charge in [-0.1, -0.05) is 11.6 Å². The highest BCUT2D eigenvalue weighted by atomic mass is 35.5. The SMILES string of the molecule is CC(C)N1CCN(C(=O)OC2C3=C(SCCS3)C(=O)N2c2ccc(Cl)cn2)CC1. The fourth-order valence-corrected chi connectivity index (χ4v) is 6.08. The Kier molecular flexibility index (Phi) is 6.29. The highest BCUT2D eigenvalue weighted by molar-refractivity contribution is 8.10. The van der Waals surface area contributed by atoms with Gasteiger partial charge in [0.2, 0.25) is 6.23 Å². The lowest BCUT2D eigenvalue weighted by Crippen LogP contribution is -2.52. The van der Waals surface area contributed by atoms with E-state index >= 15 is 0 Å². The third-order valence-electron chi connectivity index (χ3n) is 5.16. The first-order chi connectivity index (χ1) is 14.0. The molecule has 4 heterocycles. The smallest absolute Gasteiger partial charge is 0.412 e. The molecule has 0 aliphatic carbocycles. The second-order valence-electron chi connectivity index (χ2n) is 7.25. The van der Waals surface area contributed by atoms with Crippen molar-refractivity contribution < 1.29 is 14.3 Å². The van der Waals surface area contributed by atoms with E-state index in [0.29, 0.717) is 34.9 Å². The van der Waals surface area contributed by atoms with Crippen LogP contribution in [0.15, 0.2) is 28.1 Å². The molecule has 29 heavy (non-hydrogen) atoms. The van der Waals surface area contributed by atoms with Crippen molar-refractivity contribution in [3.05, 3.63) is 33.2 Å². The Morgan fingerprint density at radius 1 is 1.21 bits per heavy atom. The minimum Gasteiger partial charge on any atom is -0.420 e. The molecule has 1 atom stereocenters. The molecule has 10 heteroatoms. The van der Waals surface area contributed by atoms with Gasteiger partial charge in [0.1, 0.15) is 5.82 Å². The molecule has 1 aromatic heterocycles. The van der Waals surface area contributed by atoms with E-state index in [2.05, 4.69) is 23.7 Å². The van der Waals surface area contributed by atoms with Gasteiger partial charge in [-0.25, -0.2) is 14.7 Å². The number of carbonyl (C=O) groups excluding carboxylic acids is 2. The molecule has 0 N–H and O–H groups in total. The summed E-state index contributed by atoms with van der Waals surface area (Å²) < 4.78 is 5.89. The van der Waals surface area contributed by atoms with E-state index in [9.17, 15) is 9.59 Å². The zero-order valence-electron chi connectivity index (χ0n) is 16.3.